The minimum atomic E-state index is 0.332. The average molecular weight is 276 g/mol. The molecule has 4 heteroatoms. The van der Waals surface area contributed by atoms with Gasteiger partial charge in [0.1, 0.15) is 0 Å². The van der Waals surface area contributed by atoms with Gasteiger partial charge in [-0.1, -0.05) is 18.9 Å². The maximum Gasteiger partial charge on any atom is 0.231 e. The van der Waals surface area contributed by atoms with Crippen molar-refractivity contribution in [1.29, 1.82) is 0 Å². The first-order valence-corrected chi connectivity index (χ1v) is 7.69. The average Bonchev–Trinajstić information content (AvgIpc) is 2.79. The van der Waals surface area contributed by atoms with E-state index in [1.807, 2.05) is 6.07 Å². The summed E-state index contributed by atoms with van der Waals surface area (Å²) in [5.74, 6) is 2.08. The Kier molecular flexibility index (Phi) is 4.43. The highest BCUT2D eigenvalue weighted by Gasteiger charge is 2.20. The van der Waals surface area contributed by atoms with Crippen molar-refractivity contribution in [1.82, 2.24) is 4.90 Å². The molecule has 1 aromatic carbocycles. The number of hydrogen-bond donors (Lipinski definition) is 1. The molecule has 0 spiro atoms. The zero-order valence-electron chi connectivity index (χ0n) is 12.0. The van der Waals surface area contributed by atoms with E-state index in [1.165, 1.54) is 44.3 Å². The smallest absolute Gasteiger partial charge is 0.231 e. The number of hydrogen-bond acceptors (Lipinski definition) is 4. The summed E-state index contributed by atoms with van der Waals surface area (Å²) in [5.41, 5.74) is 7.27. The van der Waals surface area contributed by atoms with Crippen molar-refractivity contribution in [2.45, 2.75) is 31.6 Å². The van der Waals surface area contributed by atoms with E-state index in [-0.39, 0.29) is 0 Å². The number of likely N-dealkylation sites (tertiary alicyclic amines) is 1. The monoisotopic (exact) mass is 276 g/mol. The van der Waals surface area contributed by atoms with E-state index in [1.54, 1.807) is 0 Å². The van der Waals surface area contributed by atoms with Gasteiger partial charge in [-0.05, 0) is 43.6 Å². The van der Waals surface area contributed by atoms with Gasteiger partial charge in [-0.3, -0.25) is 0 Å². The van der Waals surface area contributed by atoms with Crippen LogP contribution in [0, 0.1) is 0 Å². The summed E-state index contributed by atoms with van der Waals surface area (Å²) in [7, 11) is 0. The van der Waals surface area contributed by atoms with Crippen molar-refractivity contribution < 1.29 is 9.47 Å². The van der Waals surface area contributed by atoms with Crippen molar-refractivity contribution in [3.63, 3.8) is 0 Å². The first-order chi connectivity index (χ1) is 9.86. The Morgan fingerprint density at radius 2 is 1.80 bits per heavy atom. The van der Waals surface area contributed by atoms with Crippen molar-refractivity contribution in [3.8, 4) is 11.5 Å². The van der Waals surface area contributed by atoms with E-state index >= 15 is 0 Å². The van der Waals surface area contributed by atoms with Crippen LogP contribution in [0.3, 0.4) is 0 Å². The quantitative estimate of drug-likeness (QED) is 0.917. The van der Waals surface area contributed by atoms with Gasteiger partial charge in [-0.2, -0.15) is 0 Å². The number of ether oxygens (including phenoxy) is 2. The molecule has 1 atom stereocenters. The Bertz CT molecular complexity index is 442. The van der Waals surface area contributed by atoms with Crippen LogP contribution in [0.4, 0.5) is 0 Å². The normalized spacial score (nSPS) is 20.6. The lowest BCUT2D eigenvalue weighted by Crippen LogP contribution is -2.32. The van der Waals surface area contributed by atoms with E-state index in [0.717, 1.165) is 18.0 Å². The summed E-state index contributed by atoms with van der Waals surface area (Å²) in [6.07, 6.45) is 5.37. The molecule has 2 aliphatic heterocycles. The zero-order chi connectivity index (χ0) is 13.8. The van der Waals surface area contributed by atoms with Crippen LogP contribution >= 0.6 is 0 Å². The maximum atomic E-state index is 6.01. The summed E-state index contributed by atoms with van der Waals surface area (Å²) in [5, 5.41) is 0. The lowest BCUT2D eigenvalue weighted by atomic mass is 9.98. The third-order valence-electron chi connectivity index (χ3n) is 4.33. The Morgan fingerprint density at radius 3 is 2.55 bits per heavy atom. The van der Waals surface area contributed by atoms with Gasteiger partial charge in [-0.15, -0.1) is 0 Å². The molecule has 0 bridgehead atoms. The Balaban J connectivity index is 1.69. The second kappa shape index (κ2) is 6.46. The van der Waals surface area contributed by atoms with Crippen LogP contribution in [-0.4, -0.2) is 37.9 Å². The molecule has 3 rings (SSSR count). The van der Waals surface area contributed by atoms with Crippen LogP contribution < -0.4 is 15.2 Å². The molecule has 1 aromatic rings. The molecule has 2 aliphatic rings. The fraction of sp³-hybridized carbons (Fsp3) is 0.625. The highest BCUT2D eigenvalue weighted by atomic mass is 16.7. The van der Waals surface area contributed by atoms with Crippen LogP contribution in [-0.2, 0) is 0 Å². The topological polar surface area (TPSA) is 47.7 Å². The molecule has 0 aliphatic carbocycles. The molecule has 0 saturated carbocycles. The molecule has 2 heterocycles. The summed E-state index contributed by atoms with van der Waals surface area (Å²) in [4.78, 5) is 2.56. The number of nitrogens with zero attached hydrogens (tertiary/aromatic N) is 1. The van der Waals surface area contributed by atoms with Crippen molar-refractivity contribution in [2.75, 3.05) is 33.0 Å². The van der Waals surface area contributed by atoms with Crippen LogP contribution in [0.15, 0.2) is 18.2 Å². The first-order valence-electron chi connectivity index (χ1n) is 7.69. The third-order valence-corrected chi connectivity index (χ3v) is 4.33. The molecule has 0 amide bonds. The van der Waals surface area contributed by atoms with Crippen molar-refractivity contribution in [3.05, 3.63) is 23.8 Å². The van der Waals surface area contributed by atoms with E-state index in [0.29, 0.717) is 19.3 Å². The molecule has 0 aromatic heterocycles. The largest absolute Gasteiger partial charge is 0.454 e. The maximum absolute atomic E-state index is 6.01. The molecule has 1 saturated heterocycles. The molecule has 1 fully saturated rings. The van der Waals surface area contributed by atoms with Crippen LogP contribution in [0.1, 0.15) is 37.2 Å². The number of benzene rings is 1. The van der Waals surface area contributed by atoms with Crippen LogP contribution in [0.25, 0.3) is 0 Å². The fourth-order valence-electron chi connectivity index (χ4n) is 3.11. The van der Waals surface area contributed by atoms with Gasteiger partial charge in [0.15, 0.2) is 11.5 Å². The van der Waals surface area contributed by atoms with Crippen molar-refractivity contribution in [2.24, 2.45) is 5.73 Å². The summed E-state index contributed by atoms with van der Waals surface area (Å²) in [6.45, 7) is 4.48. The van der Waals surface area contributed by atoms with Gasteiger partial charge in [0, 0.05) is 19.0 Å². The SMILES string of the molecule is NCC(CN1CCCCCC1)c1ccc2c(c1)OCO2. The lowest BCUT2D eigenvalue weighted by Gasteiger charge is -2.25. The third kappa shape index (κ3) is 3.07. The molecule has 2 N–H and O–H groups in total. The molecule has 20 heavy (non-hydrogen) atoms. The first kappa shape index (κ1) is 13.7. The predicted molar refractivity (Wildman–Crippen MR) is 79.3 cm³/mol. The number of nitrogens with two attached hydrogens (primary N) is 1. The lowest BCUT2D eigenvalue weighted by molar-refractivity contribution is 0.174. The molecular formula is C16H24N2O2. The van der Waals surface area contributed by atoms with Gasteiger partial charge in [0.2, 0.25) is 6.79 Å². The van der Waals surface area contributed by atoms with Crippen molar-refractivity contribution >= 4 is 0 Å². The Labute approximate surface area is 120 Å². The van der Waals surface area contributed by atoms with E-state index in [4.69, 9.17) is 15.2 Å². The molecular weight excluding hydrogens is 252 g/mol. The summed E-state index contributed by atoms with van der Waals surface area (Å²) >= 11 is 0. The van der Waals surface area contributed by atoms with E-state index in [2.05, 4.69) is 17.0 Å². The summed E-state index contributed by atoms with van der Waals surface area (Å²) < 4.78 is 10.8. The minimum absolute atomic E-state index is 0.332. The Morgan fingerprint density at radius 1 is 1.05 bits per heavy atom. The molecule has 0 radical (unpaired) electrons. The molecule has 4 nitrogen and oxygen atoms in total. The zero-order valence-corrected chi connectivity index (χ0v) is 12.0. The predicted octanol–water partition coefficient (Wildman–Crippen LogP) is 2.33. The van der Waals surface area contributed by atoms with Gasteiger partial charge < -0.3 is 20.1 Å². The van der Waals surface area contributed by atoms with Gasteiger partial charge >= 0.3 is 0 Å². The van der Waals surface area contributed by atoms with Gasteiger partial charge in [0.05, 0.1) is 0 Å². The van der Waals surface area contributed by atoms with Gasteiger partial charge in [-0.25, -0.2) is 0 Å². The fourth-order valence-corrected chi connectivity index (χ4v) is 3.11. The Hall–Kier alpha value is -1.26. The standard InChI is InChI=1S/C16H24N2O2/c17-10-14(11-18-7-3-1-2-4-8-18)13-5-6-15-16(9-13)20-12-19-15/h5-6,9,14H,1-4,7-8,10-12,17H2. The second-order valence-corrected chi connectivity index (χ2v) is 5.76. The highest BCUT2D eigenvalue weighted by molar-refractivity contribution is 5.45. The number of rotatable bonds is 4. The molecule has 110 valence electrons. The van der Waals surface area contributed by atoms with E-state index < -0.39 is 0 Å². The number of fused-ring (bicyclic) bond motifs is 1. The highest BCUT2D eigenvalue weighted by Crippen LogP contribution is 2.34. The minimum Gasteiger partial charge on any atom is -0.454 e. The second-order valence-electron chi connectivity index (χ2n) is 5.76. The van der Waals surface area contributed by atoms with E-state index in [9.17, 15) is 0 Å². The molecule has 1 unspecified atom stereocenters. The van der Waals surface area contributed by atoms with Gasteiger partial charge in [0.25, 0.3) is 0 Å². The van der Waals surface area contributed by atoms with Crippen LogP contribution in [0.5, 0.6) is 11.5 Å². The summed E-state index contributed by atoms with van der Waals surface area (Å²) in [6, 6.07) is 6.23. The van der Waals surface area contributed by atoms with Crippen LogP contribution in [0.2, 0.25) is 0 Å².